The molecule has 7 heteroatoms. The van der Waals surface area contributed by atoms with E-state index in [0.717, 1.165) is 45.5 Å². The van der Waals surface area contributed by atoms with E-state index in [1.807, 2.05) is 0 Å². The zero-order valence-corrected chi connectivity index (χ0v) is 14.4. The first-order valence-corrected chi connectivity index (χ1v) is 9.81. The normalized spacial score (nSPS) is 10.6. The van der Waals surface area contributed by atoms with Crippen molar-refractivity contribution in [2.75, 3.05) is 39.6 Å². The Balaban J connectivity index is 3.01. The van der Waals surface area contributed by atoms with Crippen LogP contribution in [0.2, 0.25) is 0 Å². The topological polar surface area (TPSA) is 54.0 Å². The lowest BCUT2D eigenvalue weighted by Crippen LogP contribution is -2.13. The molecule has 0 saturated heterocycles. The van der Waals surface area contributed by atoms with Crippen molar-refractivity contribution in [3.05, 3.63) is 0 Å². The zero-order chi connectivity index (χ0) is 14.2. The minimum Gasteiger partial charge on any atom is -0.464 e. The van der Waals surface area contributed by atoms with Gasteiger partial charge >= 0.3 is 5.97 Å². The third-order valence-electron chi connectivity index (χ3n) is 2.16. The predicted molar refractivity (Wildman–Crippen MR) is 84.3 cm³/mol. The highest BCUT2D eigenvalue weighted by molar-refractivity contribution is 14.2. The summed E-state index contributed by atoms with van der Waals surface area (Å²) in [5.41, 5.74) is 0. The number of halogens is 1. The highest BCUT2D eigenvalue weighted by Crippen LogP contribution is 2.12. The van der Waals surface area contributed by atoms with E-state index in [2.05, 4.69) is 21.2 Å². The number of ether oxygens (including phenoxy) is 3. The van der Waals surface area contributed by atoms with E-state index < -0.39 is 0 Å². The second-order valence-corrected chi connectivity index (χ2v) is 5.21. The van der Waals surface area contributed by atoms with Crippen molar-refractivity contribution >= 4 is 36.4 Å². The molecule has 114 valence electrons. The van der Waals surface area contributed by atoms with Gasteiger partial charge < -0.3 is 18.4 Å². The van der Waals surface area contributed by atoms with E-state index in [-0.39, 0.29) is 12.6 Å². The van der Waals surface area contributed by atoms with E-state index in [9.17, 15) is 4.79 Å². The Labute approximate surface area is 131 Å². The Hall–Kier alpha value is 0.430. The summed E-state index contributed by atoms with van der Waals surface area (Å²) in [5.74, 6) is -0.300. The zero-order valence-electron chi connectivity index (χ0n) is 11.4. The molecule has 0 aliphatic rings. The average molecular weight is 406 g/mol. The van der Waals surface area contributed by atoms with Gasteiger partial charge in [0.1, 0.15) is 6.61 Å². The quantitative estimate of drug-likeness (QED) is 0.191. The fourth-order valence-electron chi connectivity index (χ4n) is 1.27. The molecule has 0 amide bonds. The second-order valence-electron chi connectivity index (χ2n) is 3.77. The Morgan fingerprint density at radius 3 is 2.16 bits per heavy atom. The van der Waals surface area contributed by atoms with Crippen LogP contribution < -0.4 is 0 Å². The van der Waals surface area contributed by atoms with Crippen LogP contribution in [0.4, 0.5) is 0 Å². The van der Waals surface area contributed by atoms with Crippen molar-refractivity contribution in [1.29, 1.82) is 0 Å². The van der Waals surface area contributed by atoms with Gasteiger partial charge in [-0.1, -0.05) is 0 Å². The number of rotatable bonds is 14. The van der Waals surface area contributed by atoms with Crippen LogP contribution in [-0.2, 0) is 23.2 Å². The van der Waals surface area contributed by atoms with Gasteiger partial charge in [-0.25, -0.2) is 4.79 Å². The maximum atomic E-state index is 10.9. The molecule has 0 aromatic heterocycles. The van der Waals surface area contributed by atoms with Crippen LogP contribution in [0, 0.1) is 0 Å². The fourth-order valence-corrected chi connectivity index (χ4v) is 1.99. The molecule has 0 spiro atoms. The van der Waals surface area contributed by atoms with Crippen molar-refractivity contribution in [1.82, 2.24) is 0 Å². The predicted octanol–water partition coefficient (Wildman–Crippen LogP) is 3.16. The highest BCUT2D eigenvalue weighted by Gasteiger charge is 2.00. The molecular formula is C12H23IO5S. The molecule has 5 nitrogen and oxygen atoms in total. The average Bonchev–Trinajstić information content (AvgIpc) is 2.40. The van der Waals surface area contributed by atoms with Gasteiger partial charge in [-0.2, -0.15) is 0 Å². The summed E-state index contributed by atoms with van der Waals surface area (Å²) in [5, 5.41) is 0. The molecule has 0 saturated carbocycles. The first-order chi connectivity index (χ1) is 9.31. The highest BCUT2D eigenvalue weighted by atomic mass is 127. The summed E-state index contributed by atoms with van der Waals surface area (Å²) in [6.45, 7) is 5.09. The standard InChI is InChI=1S/C12H23IO5S/c1-2-17-12(14)11-16-9-4-3-7-15-8-5-6-10-18-19-13/h2-11H2,1H3. The van der Waals surface area contributed by atoms with Gasteiger partial charge in [-0.05, 0) is 32.6 Å². The molecule has 0 heterocycles. The molecule has 0 atom stereocenters. The van der Waals surface area contributed by atoms with E-state index >= 15 is 0 Å². The molecular weight excluding hydrogens is 383 g/mol. The molecule has 0 N–H and O–H groups in total. The third kappa shape index (κ3) is 16.4. The number of hydrogen-bond acceptors (Lipinski definition) is 6. The van der Waals surface area contributed by atoms with Crippen LogP contribution in [0.25, 0.3) is 0 Å². The smallest absolute Gasteiger partial charge is 0.332 e. The summed E-state index contributed by atoms with van der Waals surface area (Å²) >= 11 is 2.11. The van der Waals surface area contributed by atoms with Gasteiger partial charge in [0.2, 0.25) is 0 Å². The molecule has 0 rings (SSSR count). The van der Waals surface area contributed by atoms with Crippen LogP contribution in [0.3, 0.4) is 0 Å². The van der Waals surface area contributed by atoms with Crippen LogP contribution in [0.1, 0.15) is 32.6 Å². The van der Waals surface area contributed by atoms with Crippen molar-refractivity contribution in [2.45, 2.75) is 32.6 Å². The van der Waals surface area contributed by atoms with Gasteiger partial charge in [0.15, 0.2) is 0 Å². The third-order valence-corrected chi connectivity index (χ3v) is 3.18. The van der Waals surface area contributed by atoms with Crippen LogP contribution in [0.15, 0.2) is 0 Å². The van der Waals surface area contributed by atoms with Crippen LogP contribution in [-0.4, -0.2) is 45.6 Å². The van der Waals surface area contributed by atoms with Gasteiger partial charge in [0, 0.05) is 41.0 Å². The largest absolute Gasteiger partial charge is 0.464 e. The first kappa shape index (κ1) is 19.4. The summed E-state index contributed by atoms with van der Waals surface area (Å²) in [7, 11) is 1.37. The van der Waals surface area contributed by atoms with Crippen molar-refractivity contribution in [3.63, 3.8) is 0 Å². The van der Waals surface area contributed by atoms with Gasteiger partial charge in [-0.3, -0.25) is 0 Å². The summed E-state index contributed by atoms with van der Waals surface area (Å²) < 4.78 is 20.5. The molecule has 0 aliphatic heterocycles. The van der Waals surface area contributed by atoms with Crippen LogP contribution >= 0.6 is 30.4 Å². The first-order valence-electron chi connectivity index (χ1n) is 6.52. The number of carbonyl (C=O) groups excluding carboxylic acids is 1. The molecule has 0 aliphatic carbocycles. The Bertz CT molecular complexity index is 207. The molecule has 0 radical (unpaired) electrons. The monoisotopic (exact) mass is 406 g/mol. The van der Waals surface area contributed by atoms with Gasteiger partial charge in [0.05, 0.1) is 22.4 Å². The van der Waals surface area contributed by atoms with Crippen molar-refractivity contribution in [3.8, 4) is 0 Å². The van der Waals surface area contributed by atoms with E-state index in [0.29, 0.717) is 13.2 Å². The maximum absolute atomic E-state index is 10.9. The number of hydrogen-bond donors (Lipinski definition) is 0. The SMILES string of the molecule is CCOC(=O)COCCCCOCCCCOSI. The molecule has 0 unspecified atom stereocenters. The maximum Gasteiger partial charge on any atom is 0.332 e. The minimum absolute atomic E-state index is 0.0452. The minimum atomic E-state index is -0.300. The lowest BCUT2D eigenvalue weighted by molar-refractivity contribution is -0.148. The summed E-state index contributed by atoms with van der Waals surface area (Å²) in [6, 6.07) is 0. The Morgan fingerprint density at radius 1 is 1.00 bits per heavy atom. The lowest BCUT2D eigenvalue weighted by Gasteiger charge is -2.05. The molecule has 19 heavy (non-hydrogen) atoms. The lowest BCUT2D eigenvalue weighted by atomic mass is 10.3. The Kier molecular flexibility index (Phi) is 16.9. The van der Waals surface area contributed by atoms with Gasteiger partial charge in [0.25, 0.3) is 0 Å². The summed E-state index contributed by atoms with van der Waals surface area (Å²) in [6.07, 6.45) is 3.89. The van der Waals surface area contributed by atoms with E-state index in [1.165, 1.54) is 9.21 Å². The fraction of sp³-hybridized carbons (Fsp3) is 0.917. The summed E-state index contributed by atoms with van der Waals surface area (Å²) in [4.78, 5) is 10.9. The van der Waals surface area contributed by atoms with Crippen LogP contribution in [0.5, 0.6) is 0 Å². The number of esters is 1. The number of carbonyl (C=O) groups is 1. The second kappa shape index (κ2) is 16.5. The number of unbranched alkanes of at least 4 members (excludes halogenated alkanes) is 2. The molecule has 0 fully saturated rings. The Morgan fingerprint density at radius 2 is 1.58 bits per heavy atom. The molecule has 0 bridgehead atoms. The van der Waals surface area contributed by atoms with E-state index in [1.54, 1.807) is 6.92 Å². The van der Waals surface area contributed by atoms with E-state index in [4.69, 9.17) is 18.4 Å². The molecule has 0 aromatic rings. The molecule has 0 aromatic carbocycles. The van der Waals surface area contributed by atoms with Crippen molar-refractivity contribution in [2.24, 2.45) is 0 Å². The van der Waals surface area contributed by atoms with Crippen molar-refractivity contribution < 1.29 is 23.2 Å². The van der Waals surface area contributed by atoms with Gasteiger partial charge in [-0.15, -0.1) is 0 Å².